The highest BCUT2D eigenvalue weighted by Gasteiger charge is 2.41. The smallest absolute Gasteiger partial charge is 0.308 e. The summed E-state index contributed by atoms with van der Waals surface area (Å²) in [5, 5.41) is 9.23. The zero-order chi connectivity index (χ0) is 11.0. The van der Waals surface area contributed by atoms with Gasteiger partial charge >= 0.3 is 5.97 Å². The highest BCUT2D eigenvalue weighted by molar-refractivity contribution is 5.71. The summed E-state index contributed by atoms with van der Waals surface area (Å²) in [6, 6.07) is 0. The van der Waals surface area contributed by atoms with E-state index in [2.05, 4.69) is 11.8 Å². The second kappa shape index (κ2) is 4.12. The molecule has 3 nitrogen and oxygen atoms in total. The molecule has 1 heterocycles. The van der Waals surface area contributed by atoms with E-state index >= 15 is 0 Å². The van der Waals surface area contributed by atoms with Crippen LogP contribution in [-0.2, 0) is 4.79 Å². The number of hydrogen-bond acceptors (Lipinski definition) is 2. The number of carboxylic acid groups (broad SMARTS) is 1. The van der Waals surface area contributed by atoms with Crippen LogP contribution in [0, 0.1) is 23.7 Å². The van der Waals surface area contributed by atoms with E-state index in [1.165, 1.54) is 12.8 Å². The Morgan fingerprint density at radius 3 is 2.73 bits per heavy atom. The van der Waals surface area contributed by atoms with Gasteiger partial charge in [-0.25, -0.2) is 0 Å². The predicted octanol–water partition coefficient (Wildman–Crippen LogP) is 1.69. The third kappa shape index (κ3) is 2.17. The van der Waals surface area contributed by atoms with Crippen molar-refractivity contribution in [2.45, 2.75) is 26.2 Å². The Kier molecular flexibility index (Phi) is 3.01. The van der Waals surface area contributed by atoms with Gasteiger partial charge in [0.1, 0.15) is 0 Å². The summed E-state index contributed by atoms with van der Waals surface area (Å²) in [6.45, 7) is 4.13. The van der Waals surface area contributed by atoms with Gasteiger partial charge in [0.2, 0.25) is 0 Å². The van der Waals surface area contributed by atoms with Crippen LogP contribution in [0.15, 0.2) is 0 Å². The molecule has 0 spiro atoms. The first-order valence-electron chi connectivity index (χ1n) is 5.99. The van der Waals surface area contributed by atoms with E-state index in [9.17, 15) is 9.90 Å². The number of piperidine rings is 1. The number of hydrogen-bond donors (Lipinski definition) is 1. The van der Waals surface area contributed by atoms with E-state index < -0.39 is 5.97 Å². The van der Waals surface area contributed by atoms with Crippen molar-refractivity contribution in [3.63, 3.8) is 0 Å². The van der Waals surface area contributed by atoms with Crippen LogP contribution in [0.2, 0.25) is 0 Å². The molecule has 2 fully saturated rings. The number of rotatable bonds is 1. The van der Waals surface area contributed by atoms with Crippen LogP contribution >= 0.6 is 0 Å². The molecule has 1 aliphatic carbocycles. The second-order valence-electron chi connectivity index (χ2n) is 5.51. The average molecular weight is 211 g/mol. The van der Waals surface area contributed by atoms with Crippen molar-refractivity contribution >= 4 is 5.97 Å². The summed E-state index contributed by atoms with van der Waals surface area (Å²) in [4.78, 5) is 13.4. The fourth-order valence-corrected chi connectivity index (χ4v) is 3.47. The Balaban J connectivity index is 2.11. The fraction of sp³-hybridized carbons (Fsp3) is 0.917. The maximum absolute atomic E-state index is 11.2. The van der Waals surface area contributed by atoms with Gasteiger partial charge in [-0.2, -0.15) is 0 Å². The summed E-state index contributed by atoms with van der Waals surface area (Å²) < 4.78 is 0. The number of carbonyl (C=O) groups is 1. The van der Waals surface area contributed by atoms with Gasteiger partial charge in [-0.3, -0.25) is 4.79 Å². The molecule has 1 aliphatic heterocycles. The molecule has 86 valence electrons. The van der Waals surface area contributed by atoms with Gasteiger partial charge in [0.05, 0.1) is 5.92 Å². The van der Waals surface area contributed by atoms with Crippen LogP contribution in [-0.4, -0.2) is 36.1 Å². The summed E-state index contributed by atoms with van der Waals surface area (Å²) in [5.74, 6) is 1.13. The van der Waals surface area contributed by atoms with E-state index in [4.69, 9.17) is 0 Å². The number of likely N-dealkylation sites (tertiary alicyclic amines) is 1. The first-order valence-corrected chi connectivity index (χ1v) is 5.99. The molecule has 2 aliphatic rings. The minimum atomic E-state index is -0.592. The van der Waals surface area contributed by atoms with Crippen molar-refractivity contribution in [2.75, 3.05) is 20.1 Å². The highest BCUT2D eigenvalue weighted by atomic mass is 16.4. The van der Waals surface area contributed by atoms with Crippen molar-refractivity contribution in [3.8, 4) is 0 Å². The maximum Gasteiger partial charge on any atom is 0.308 e. The van der Waals surface area contributed by atoms with Gasteiger partial charge in [-0.05, 0) is 37.6 Å². The van der Waals surface area contributed by atoms with Crippen molar-refractivity contribution in [3.05, 3.63) is 0 Å². The molecule has 0 amide bonds. The van der Waals surface area contributed by atoms with Gasteiger partial charge in [0.15, 0.2) is 0 Å². The molecule has 1 saturated heterocycles. The first-order chi connectivity index (χ1) is 7.08. The topological polar surface area (TPSA) is 40.5 Å². The molecule has 4 atom stereocenters. The van der Waals surface area contributed by atoms with Crippen LogP contribution in [0.5, 0.6) is 0 Å². The Morgan fingerprint density at radius 2 is 2.07 bits per heavy atom. The van der Waals surface area contributed by atoms with Gasteiger partial charge in [0.25, 0.3) is 0 Å². The lowest BCUT2D eigenvalue weighted by atomic mass is 9.67. The molecular weight excluding hydrogens is 190 g/mol. The Hall–Kier alpha value is -0.570. The van der Waals surface area contributed by atoms with Gasteiger partial charge in [0, 0.05) is 13.1 Å². The van der Waals surface area contributed by atoms with E-state index in [1.54, 1.807) is 0 Å². The molecule has 0 bridgehead atoms. The Bertz CT molecular complexity index is 252. The summed E-state index contributed by atoms with van der Waals surface area (Å²) in [6.07, 6.45) is 3.56. The van der Waals surface area contributed by atoms with Gasteiger partial charge in [-0.1, -0.05) is 13.3 Å². The quantitative estimate of drug-likeness (QED) is 0.717. The number of nitrogens with zero attached hydrogens (tertiary/aromatic N) is 1. The zero-order valence-electron chi connectivity index (χ0n) is 9.65. The second-order valence-corrected chi connectivity index (χ2v) is 5.51. The molecule has 1 saturated carbocycles. The SMILES string of the molecule is CC1CCC2C(C1)CN(C)CC2C(=O)O. The predicted molar refractivity (Wildman–Crippen MR) is 58.6 cm³/mol. The summed E-state index contributed by atoms with van der Waals surface area (Å²) >= 11 is 0. The molecule has 0 aromatic carbocycles. The fourth-order valence-electron chi connectivity index (χ4n) is 3.47. The third-order valence-corrected chi connectivity index (χ3v) is 4.19. The van der Waals surface area contributed by atoms with Crippen LogP contribution < -0.4 is 0 Å². The molecule has 0 radical (unpaired) electrons. The van der Waals surface area contributed by atoms with Crippen LogP contribution in [0.25, 0.3) is 0 Å². The lowest BCUT2D eigenvalue weighted by Gasteiger charge is -2.45. The lowest BCUT2D eigenvalue weighted by Crippen LogP contribution is -2.49. The molecule has 4 unspecified atom stereocenters. The number of carboxylic acids is 1. The van der Waals surface area contributed by atoms with Crippen LogP contribution in [0.4, 0.5) is 0 Å². The molecule has 3 heteroatoms. The molecule has 2 rings (SSSR count). The summed E-state index contributed by atoms with van der Waals surface area (Å²) in [5.41, 5.74) is 0. The largest absolute Gasteiger partial charge is 0.481 e. The monoisotopic (exact) mass is 211 g/mol. The Labute approximate surface area is 91.5 Å². The van der Waals surface area contributed by atoms with Crippen molar-refractivity contribution in [2.24, 2.45) is 23.7 Å². The zero-order valence-corrected chi connectivity index (χ0v) is 9.65. The molecular formula is C12H21NO2. The molecule has 0 aromatic rings. The summed E-state index contributed by atoms with van der Waals surface area (Å²) in [7, 11) is 2.05. The highest BCUT2D eigenvalue weighted by Crippen LogP contribution is 2.41. The van der Waals surface area contributed by atoms with Crippen LogP contribution in [0.1, 0.15) is 26.2 Å². The Morgan fingerprint density at radius 1 is 1.33 bits per heavy atom. The van der Waals surface area contributed by atoms with E-state index in [1.807, 2.05) is 7.05 Å². The minimum Gasteiger partial charge on any atom is -0.481 e. The van der Waals surface area contributed by atoms with E-state index in [-0.39, 0.29) is 5.92 Å². The maximum atomic E-state index is 11.2. The van der Waals surface area contributed by atoms with Crippen molar-refractivity contribution in [1.29, 1.82) is 0 Å². The van der Waals surface area contributed by atoms with E-state index in [0.717, 1.165) is 25.4 Å². The van der Waals surface area contributed by atoms with Crippen molar-refractivity contribution in [1.82, 2.24) is 4.90 Å². The standard InChI is InChI=1S/C12H21NO2/c1-8-3-4-10-9(5-8)6-13(2)7-11(10)12(14)15/h8-11H,3-7H2,1-2H3,(H,14,15). The molecule has 15 heavy (non-hydrogen) atoms. The van der Waals surface area contributed by atoms with E-state index in [0.29, 0.717) is 11.8 Å². The minimum absolute atomic E-state index is 0.124. The molecule has 0 aromatic heterocycles. The van der Waals surface area contributed by atoms with Gasteiger partial charge < -0.3 is 10.0 Å². The lowest BCUT2D eigenvalue weighted by molar-refractivity contribution is -0.148. The van der Waals surface area contributed by atoms with Gasteiger partial charge in [-0.15, -0.1) is 0 Å². The number of fused-ring (bicyclic) bond motifs is 1. The average Bonchev–Trinajstić information content (AvgIpc) is 2.15. The number of aliphatic carboxylic acids is 1. The van der Waals surface area contributed by atoms with Crippen molar-refractivity contribution < 1.29 is 9.90 Å². The normalized spacial score (nSPS) is 42.3. The van der Waals surface area contributed by atoms with Crippen LogP contribution in [0.3, 0.4) is 0 Å². The molecule has 1 N–H and O–H groups in total. The third-order valence-electron chi connectivity index (χ3n) is 4.19. The first kappa shape index (κ1) is 10.9.